The molecular weight excluding hydrogens is 304 g/mol. The zero-order valence-corrected chi connectivity index (χ0v) is 13.2. The number of hydrogen-bond acceptors (Lipinski definition) is 7. The highest BCUT2D eigenvalue weighted by Crippen LogP contribution is 2.25. The molecule has 3 heterocycles. The second-order valence-corrected chi connectivity index (χ2v) is 5.77. The van der Waals surface area contributed by atoms with E-state index in [0.29, 0.717) is 29.7 Å². The smallest absolute Gasteiger partial charge is 0.278 e. The van der Waals surface area contributed by atoms with Crippen LogP contribution < -0.4 is 9.47 Å². The van der Waals surface area contributed by atoms with Crippen molar-refractivity contribution in [1.82, 2.24) is 19.9 Å². The van der Waals surface area contributed by atoms with Crippen molar-refractivity contribution in [1.29, 1.82) is 0 Å². The van der Waals surface area contributed by atoms with Gasteiger partial charge >= 0.3 is 0 Å². The van der Waals surface area contributed by atoms with Crippen LogP contribution in [0.1, 0.15) is 21.8 Å². The van der Waals surface area contributed by atoms with Gasteiger partial charge < -0.3 is 14.4 Å². The number of carbonyl (C=O) groups excluding carboxylic acids is 1. The maximum atomic E-state index is 12.4. The van der Waals surface area contributed by atoms with E-state index in [1.54, 1.807) is 22.8 Å². The Morgan fingerprint density at radius 1 is 1.32 bits per heavy atom. The zero-order chi connectivity index (χ0) is 15.5. The van der Waals surface area contributed by atoms with Crippen LogP contribution in [0.2, 0.25) is 0 Å². The van der Waals surface area contributed by atoms with Gasteiger partial charge in [0.1, 0.15) is 11.0 Å². The van der Waals surface area contributed by atoms with Gasteiger partial charge in [-0.1, -0.05) is 0 Å². The van der Waals surface area contributed by atoms with E-state index in [0.717, 1.165) is 12.1 Å². The molecule has 2 aromatic rings. The molecule has 1 saturated heterocycles. The number of carbonyl (C=O) groups is 1. The van der Waals surface area contributed by atoms with E-state index in [4.69, 9.17) is 9.47 Å². The molecule has 1 aliphatic heterocycles. The highest BCUT2D eigenvalue weighted by Gasteiger charge is 2.30. The van der Waals surface area contributed by atoms with Crippen molar-refractivity contribution in [2.75, 3.05) is 20.2 Å². The Balaban J connectivity index is 1.65. The fraction of sp³-hybridized carbons (Fsp3) is 0.429. The highest BCUT2D eigenvalue weighted by molar-refractivity contribution is 7.11. The molecule has 3 rings (SSSR count). The van der Waals surface area contributed by atoms with Crippen LogP contribution in [0.15, 0.2) is 17.9 Å². The number of aryl methyl sites for hydroxylation is 1. The van der Waals surface area contributed by atoms with Crippen LogP contribution in [0, 0.1) is 6.92 Å². The van der Waals surface area contributed by atoms with Gasteiger partial charge in [0.25, 0.3) is 17.7 Å². The molecule has 0 bridgehead atoms. The molecule has 8 heteroatoms. The van der Waals surface area contributed by atoms with Gasteiger partial charge in [-0.25, -0.2) is 15.0 Å². The van der Waals surface area contributed by atoms with Crippen LogP contribution >= 0.6 is 11.3 Å². The molecule has 22 heavy (non-hydrogen) atoms. The van der Waals surface area contributed by atoms with Gasteiger partial charge in [0.05, 0.1) is 24.9 Å². The first-order valence-electron chi connectivity index (χ1n) is 6.90. The second kappa shape index (κ2) is 6.27. The molecule has 1 amide bonds. The zero-order valence-electron chi connectivity index (χ0n) is 12.4. The quantitative estimate of drug-likeness (QED) is 0.850. The molecule has 1 aliphatic rings. The molecule has 0 N–H and O–H groups in total. The number of likely N-dealkylation sites (tertiary alicyclic amines) is 1. The number of rotatable bonds is 4. The lowest BCUT2D eigenvalue weighted by atomic mass is 10.3. The number of amides is 1. The van der Waals surface area contributed by atoms with E-state index in [2.05, 4.69) is 15.0 Å². The van der Waals surface area contributed by atoms with Crippen molar-refractivity contribution in [2.45, 2.75) is 19.4 Å². The Kier molecular flexibility index (Phi) is 4.19. The van der Waals surface area contributed by atoms with Crippen molar-refractivity contribution in [2.24, 2.45) is 0 Å². The van der Waals surface area contributed by atoms with Crippen LogP contribution in [0.25, 0.3) is 0 Å². The third kappa shape index (κ3) is 2.87. The summed E-state index contributed by atoms with van der Waals surface area (Å²) in [4.78, 5) is 27.2. The second-order valence-electron chi connectivity index (χ2n) is 4.92. The first kappa shape index (κ1) is 14.7. The summed E-state index contributed by atoms with van der Waals surface area (Å²) in [5.74, 6) is 0.723. The van der Waals surface area contributed by atoms with Crippen molar-refractivity contribution in [3.05, 3.63) is 28.5 Å². The number of ether oxygens (including phenoxy) is 2. The van der Waals surface area contributed by atoms with Gasteiger partial charge in [-0.2, -0.15) is 0 Å². The van der Waals surface area contributed by atoms with Gasteiger partial charge in [0.15, 0.2) is 0 Å². The minimum atomic E-state index is -0.109. The van der Waals surface area contributed by atoms with Gasteiger partial charge in [-0.15, -0.1) is 11.3 Å². The molecule has 0 aromatic carbocycles. The molecule has 0 saturated carbocycles. The first-order valence-corrected chi connectivity index (χ1v) is 7.78. The lowest BCUT2D eigenvalue weighted by Gasteiger charge is -2.16. The van der Waals surface area contributed by atoms with E-state index in [9.17, 15) is 4.79 Å². The van der Waals surface area contributed by atoms with Crippen molar-refractivity contribution in [3.8, 4) is 11.8 Å². The summed E-state index contributed by atoms with van der Waals surface area (Å²) in [5, 5.41) is 0. The SMILES string of the molecule is COc1nccnc1O[C@H]1CCN(C(=O)c2scnc2C)C1. The lowest BCUT2D eigenvalue weighted by Crippen LogP contribution is -2.31. The molecule has 1 atom stereocenters. The van der Waals surface area contributed by atoms with Crippen LogP contribution in [0.4, 0.5) is 0 Å². The Morgan fingerprint density at radius 2 is 2.09 bits per heavy atom. The molecule has 116 valence electrons. The van der Waals surface area contributed by atoms with Crippen molar-refractivity contribution >= 4 is 17.2 Å². The summed E-state index contributed by atoms with van der Waals surface area (Å²) in [6, 6.07) is 0. The van der Waals surface area contributed by atoms with E-state index in [-0.39, 0.29) is 12.0 Å². The maximum Gasteiger partial charge on any atom is 0.278 e. The maximum absolute atomic E-state index is 12.4. The first-order chi connectivity index (χ1) is 10.7. The average molecular weight is 320 g/mol. The van der Waals surface area contributed by atoms with Gasteiger partial charge in [0.2, 0.25) is 0 Å². The van der Waals surface area contributed by atoms with Gasteiger partial charge in [0, 0.05) is 25.4 Å². The summed E-state index contributed by atoms with van der Waals surface area (Å²) in [7, 11) is 1.52. The normalized spacial score (nSPS) is 17.5. The Bertz CT molecular complexity index is 676. The number of hydrogen-bond donors (Lipinski definition) is 0. The molecule has 7 nitrogen and oxygen atoms in total. The predicted octanol–water partition coefficient (Wildman–Crippen LogP) is 1.54. The van der Waals surface area contributed by atoms with Crippen molar-refractivity contribution in [3.63, 3.8) is 0 Å². The van der Waals surface area contributed by atoms with Crippen LogP contribution in [-0.2, 0) is 0 Å². The molecular formula is C14H16N4O3S. The topological polar surface area (TPSA) is 77.4 Å². The van der Waals surface area contributed by atoms with Gasteiger partial charge in [-0.3, -0.25) is 4.79 Å². The van der Waals surface area contributed by atoms with E-state index in [1.807, 2.05) is 6.92 Å². The summed E-state index contributed by atoms with van der Waals surface area (Å²) in [5.41, 5.74) is 2.46. The fourth-order valence-corrected chi connectivity index (χ4v) is 3.12. The standard InChI is InChI=1S/C14H16N4O3S/c1-9-11(22-8-17-9)14(19)18-6-3-10(7-18)21-13-12(20-2)15-4-5-16-13/h4-5,8,10H,3,6-7H2,1-2H3/t10-/m0/s1. The number of aromatic nitrogens is 3. The summed E-state index contributed by atoms with van der Waals surface area (Å²) in [6.45, 7) is 3.03. The van der Waals surface area contributed by atoms with E-state index < -0.39 is 0 Å². The van der Waals surface area contributed by atoms with E-state index >= 15 is 0 Å². The average Bonchev–Trinajstić information content (AvgIpc) is 3.16. The summed E-state index contributed by atoms with van der Waals surface area (Å²) in [6.07, 6.45) is 3.74. The molecule has 2 aromatic heterocycles. The Morgan fingerprint density at radius 3 is 2.77 bits per heavy atom. The molecule has 0 spiro atoms. The van der Waals surface area contributed by atoms with Crippen LogP contribution in [0.5, 0.6) is 11.8 Å². The number of nitrogens with zero attached hydrogens (tertiary/aromatic N) is 4. The highest BCUT2D eigenvalue weighted by atomic mass is 32.1. The molecule has 1 fully saturated rings. The molecule has 0 aliphatic carbocycles. The number of methoxy groups -OCH3 is 1. The predicted molar refractivity (Wildman–Crippen MR) is 80.4 cm³/mol. The van der Waals surface area contributed by atoms with Gasteiger partial charge in [-0.05, 0) is 6.92 Å². The number of thiazole rings is 1. The monoisotopic (exact) mass is 320 g/mol. The Hall–Kier alpha value is -2.22. The Labute approximate surface area is 131 Å². The van der Waals surface area contributed by atoms with E-state index in [1.165, 1.54) is 18.4 Å². The fourth-order valence-electron chi connectivity index (χ4n) is 2.35. The largest absolute Gasteiger partial charge is 0.477 e. The lowest BCUT2D eigenvalue weighted by molar-refractivity contribution is 0.0774. The molecule has 0 unspecified atom stereocenters. The third-order valence-corrected chi connectivity index (χ3v) is 4.39. The van der Waals surface area contributed by atoms with Crippen molar-refractivity contribution < 1.29 is 14.3 Å². The van der Waals surface area contributed by atoms with Crippen LogP contribution in [0.3, 0.4) is 0 Å². The summed E-state index contributed by atoms with van der Waals surface area (Å²) >= 11 is 1.37. The molecule has 0 radical (unpaired) electrons. The third-order valence-electron chi connectivity index (χ3n) is 3.48. The van der Waals surface area contributed by atoms with Crippen LogP contribution in [-0.4, -0.2) is 52.1 Å². The minimum Gasteiger partial charge on any atom is -0.477 e. The summed E-state index contributed by atoms with van der Waals surface area (Å²) < 4.78 is 10.9. The minimum absolute atomic E-state index is 0.0113.